The van der Waals surface area contributed by atoms with Crippen molar-refractivity contribution >= 4 is 17.3 Å². The number of esters is 1. The molecule has 0 atom stereocenters. The normalized spacial score (nSPS) is 10.4. The number of benzene rings is 2. The molecule has 0 amide bonds. The Morgan fingerprint density at radius 1 is 0.967 bits per heavy atom. The molecule has 0 unspecified atom stereocenters. The number of aromatic nitrogens is 1. The van der Waals surface area contributed by atoms with Gasteiger partial charge in [0.25, 0.3) is 0 Å². The Hall–Kier alpha value is -3.26. The zero-order chi connectivity index (χ0) is 21.5. The second-order valence-corrected chi connectivity index (χ2v) is 6.98. The Bertz CT molecular complexity index is 994. The SMILES string of the molecule is CCOc1ccc(-c2nc(COC(=O)c3cc(OC)cc(OC)c3)cs2)cc1OC. The molecule has 0 N–H and O–H groups in total. The minimum Gasteiger partial charge on any atom is -0.497 e. The van der Waals surface area contributed by atoms with Crippen LogP contribution in [-0.4, -0.2) is 38.9 Å². The fourth-order valence-corrected chi connectivity index (χ4v) is 3.53. The van der Waals surface area contributed by atoms with Crippen molar-refractivity contribution in [3.8, 4) is 33.6 Å². The maximum Gasteiger partial charge on any atom is 0.338 e. The van der Waals surface area contributed by atoms with Gasteiger partial charge in [0.05, 0.1) is 39.2 Å². The van der Waals surface area contributed by atoms with Crippen molar-refractivity contribution in [2.24, 2.45) is 0 Å². The van der Waals surface area contributed by atoms with E-state index in [1.165, 1.54) is 25.6 Å². The molecule has 0 saturated heterocycles. The van der Waals surface area contributed by atoms with E-state index >= 15 is 0 Å². The third kappa shape index (κ3) is 5.01. The topological polar surface area (TPSA) is 76.1 Å². The summed E-state index contributed by atoms with van der Waals surface area (Å²) in [6.07, 6.45) is 0. The van der Waals surface area contributed by atoms with Gasteiger partial charge in [0.15, 0.2) is 11.5 Å². The fourth-order valence-electron chi connectivity index (χ4n) is 2.73. The van der Waals surface area contributed by atoms with Crippen LogP contribution >= 0.6 is 11.3 Å². The summed E-state index contributed by atoms with van der Waals surface area (Å²) >= 11 is 1.46. The number of rotatable bonds is 9. The summed E-state index contributed by atoms with van der Waals surface area (Å²) in [4.78, 5) is 17.0. The average molecular weight is 429 g/mol. The van der Waals surface area contributed by atoms with Gasteiger partial charge in [0, 0.05) is 17.0 Å². The van der Waals surface area contributed by atoms with Crippen molar-refractivity contribution in [1.82, 2.24) is 4.98 Å². The predicted octanol–water partition coefficient (Wildman–Crippen LogP) is 4.59. The summed E-state index contributed by atoms with van der Waals surface area (Å²) in [6.45, 7) is 2.54. The molecular weight excluding hydrogens is 406 g/mol. The van der Waals surface area contributed by atoms with Crippen LogP contribution in [-0.2, 0) is 11.3 Å². The lowest BCUT2D eigenvalue weighted by Gasteiger charge is -2.10. The van der Waals surface area contributed by atoms with Gasteiger partial charge in [-0.1, -0.05) is 0 Å². The molecule has 0 saturated carbocycles. The van der Waals surface area contributed by atoms with Crippen LogP contribution in [0.4, 0.5) is 0 Å². The maximum absolute atomic E-state index is 12.4. The molecule has 0 aliphatic rings. The number of hydrogen-bond donors (Lipinski definition) is 0. The van der Waals surface area contributed by atoms with Crippen molar-refractivity contribution in [2.45, 2.75) is 13.5 Å². The first-order valence-electron chi connectivity index (χ1n) is 9.23. The lowest BCUT2D eigenvalue weighted by atomic mass is 10.2. The summed E-state index contributed by atoms with van der Waals surface area (Å²) in [5, 5.41) is 2.66. The van der Waals surface area contributed by atoms with Gasteiger partial charge >= 0.3 is 5.97 Å². The van der Waals surface area contributed by atoms with E-state index in [9.17, 15) is 4.79 Å². The largest absolute Gasteiger partial charge is 0.497 e. The monoisotopic (exact) mass is 429 g/mol. The molecular formula is C22H23NO6S. The molecule has 7 nitrogen and oxygen atoms in total. The average Bonchev–Trinajstić information content (AvgIpc) is 3.26. The van der Waals surface area contributed by atoms with Crippen LogP contribution < -0.4 is 18.9 Å². The van der Waals surface area contributed by atoms with E-state index in [0.717, 1.165) is 10.6 Å². The van der Waals surface area contributed by atoms with Crippen LogP contribution in [0.15, 0.2) is 41.8 Å². The number of ether oxygens (including phenoxy) is 5. The first kappa shape index (κ1) is 21.4. The van der Waals surface area contributed by atoms with E-state index in [2.05, 4.69) is 4.98 Å². The van der Waals surface area contributed by atoms with Gasteiger partial charge in [-0.25, -0.2) is 9.78 Å². The van der Waals surface area contributed by atoms with Gasteiger partial charge in [-0.05, 0) is 37.3 Å². The lowest BCUT2D eigenvalue weighted by Crippen LogP contribution is -2.06. The van der Waals surface area contributed by atoms with Gasteiger partial charge in [-0.15, -0.1) is 11.3 Å². The van der Waals surface area contributed by atoms with E-state index in [1.807, 2.05) is 30.5 Å². The van der Waals surface area contributed by atoms with Crippen LogP contribution in [0.1, 0.15) is 23.0 Å². The highest BCUT2D eigenvalue weighted by Crippen LogP contribution is 2.34. The molecule has 0 spiro atoms. The van der Waals surface area contributed by atoms with Crippen molar-refractivity contribution in [2.75, 3.05) is 27.9 Å². The van der Waals surface area contributed by atoms with E-state index in [0.29, 0.717) is 40.9 Å². The van der Waals surface area contributed by atoms with E-state index in [1.54, 1.807) is 25.3 Å². The highest BCUT2D eigenvalue weighted by atomic mass is 32.1. The van der Waals surface area contributed by atoms with Crippen LogP contribution in [0.2, 0.25) is 0 Å². The molecule has 158 valence electrons. The van der Waals surface area contributed by atoms with Crippen molar-refractivity contribution in [3.05, 3.63) is 53.0 Å². The molecule has 0 fully saturated rings. The van der Waals surface area contributed by atoms with Crippen molar-refractivity contribution in [3.63, 3.8) is 0 Å². The fraction of sp³-hybridized carbons (Fsp3) is 0.273. The summed E-state index contributed by atoms with van der Waals surface area (Å²) in [5.74, 6) is 1.88. The Balaban J connectivity index is 1.70. The highest BCUT2D eigenvalue weighted by Gasteiger charge is 2.14. The molecule has 0 radical (unpaired) electrons. The minimum absolute atomic E-state index is 0.0586. The van der Waals surface area contributed by atoms with E-state index in [-0.39, 0.29) is 6.61 Å². The number of carbonyl (C=O) groups excluding carboxylic acids is 1. The maximum atomic E-state index is 12.4. The number of thiazole rings is 1. The van der Waals surface area contributed by atoms with E-state index < -0.39 is 5.97 Å². The Labute approximate surface area is 179 Å². The Morgan fingerprint density at radius 2 is 1.70 bits per heavy atom. The highest BCUT2D eigenvalue weighted by molar-refractivity contribution is 7.13. The van der Waals surface area contributed by atoms with Gasteiger partial charge in [0.2, 0.25) is 0 Å². The van der Waals surface area contributed by atoms with Crippen molar-refractivity contribution < 1.29 is 28.5 Å². The van der Waals surface area contributed by atoms with Gasteiger partial charge in [-0.2, -0.15) is 0 Å². The van der Waals surface area contributed by atoms with Gasteiger partial charge in [-0.3, -0.25) is 0 Å². The Morgan fingerprint density at radius 3 is 2.33 bits per heavy atom. The molecule has 30 heavy (non-hydrogen) atoms. The van der Waals surface area contributed by atoms with Crippen LogP contribution in [0.5, 0.6) is 23.0 Å². The summed E-state index contributed by atoms with van der Waals surface area (Å²) in [7, 11) is 4.65. The van der Waals surface area contributed by atoms with Crippen molar-refractivity contribution in [1.29, 1.82) is 0 Å². The van der Waals surface area contributed by atoms with E-state index in [4.69, 9.17) is 23.7 Å². The third-order valence-electron chi connectivity index (χ3n) is 4.20. The number of methoxy groups -OCH3 is 3. The second-order valence-electron chi connectivity index (χ2n) is 6.12. The molecule has 1 aromatic heterocycles. The number of nitrogens with zero attached hydrogens (tertiary/aromatic N) is 1. The van der Waals surface area contributed by atoms with Crippen LogP contribution in [0, 0.1) is 0 Å². The molecule has 1 heterocycles. The predicted molar refractivity (Wildman–Crippen MR) is 114 cm³/mol. The van der Waals surface area contributed by atoms with Gasteiger partial charge in [0.1, 0.15) is 23.1 Å². The molecule has 2 aromatic carbocycles. The second kappa shape index (κ2) is 9.98. The number of carbonyl (C=O) groups is 1. The molecule has 0 bridgehead atoms. The summed E-state index contributed by atoms with van der Waals surface area (Å²) < 4.78 is 26.7. The summed E-state index contributed by atoms with van der Waals surface area (Å²) in [6, 6.07) is 10.5. The van der Waals surface area contributed by atoms with Gasteiger partial charge < -0.3 is 23.7 Å². The Kier molecular flexibility index (Phi) is 7.13. The zero-order valence-corrected chi connectivity index (χ0v) is 18.1. The minimum atomic E-state index is -0.482. The first-order valence-corrected chi connectivity index (χ1v) is 10.1. The standard InChI is InChI=1S/C22H23NO6S/c1-5-28-19-7-6-14(10-20(19)27-4)21-23-16(13-30-21)12-29-22(24)15-8-17(25-2)11-18(9-15)26-3/h6-11,13H,5,12H2,1-4H3. The number of hydrogen-bond acceptors (Lipinski definition) is 8. The molecule has 3 rings (SSSR count). The zero-order valence-electron chi connectivity index (χ0n) is 17.3. The molecule has 3 aromatic rings. The third-order valence-corrected chi connectivity index (χ3v) is 5.14. The first-order chi connectivity index (χ1) is 14.6. The van der Waals surface area contributed by atoms with Crippen LogP contribution in [0.3, 0.4) is 0 Å². The smallest absolute Gasteiger partial charge is 0.338 e. The molecule has 0 aliphatic carbocycles. The van der Waals surface area contributed by atoms with Crippen LogP contribution in [0.25, 0.3) is 10.6 Å². The molecule has 0 aliphatic heterocycles. The molecule has 8 heteroatoms. The summed E-state index contributed by atoms with van der Waals surface area (Å²) in [5.41, 5.74) is 1.90. The quantitative estimate of drug-likeness (QED) is 0.460. The lowest BCUT2D eigenvalue weighted by molar-refractivity contribution is 0.0467.